The zero-order valence-corrected chi connectivity index (χ0v) is 12.5. The number of carboxylic acids is 1. The van der Waals surface area contributed by atoms with Gasteiger partial charge in [0.2, 0.25) is 0 Å². The molecule has 0 spiro atoms. The maximum atomic E-state index is 11.2. The lowest BCUT2D eigenvalue weighted by Gasteiger charge is -2.33. The van der Waals surface area contributed by atoms with E-state index in [1.807, 2.05) is 6.92 Å². The smallest absolute Gasteiger partial charge is 0.335 e. The van der Waals surface area contributed by atoms with Gasteiger partial charge in [-0.15, -0.1) is 0 Å². The van der Waals surface area contributed by atoms with E-state index in [2.05, 4.69) is 21.5 Å². The molecule has 21 heavy (non-hydrogen) atoms. The highest BCUT2D eigenvalue weighted by molar-refractivity contribution is 5.92. The van der Waals surface area contributed by atoms with E-state index in [9.17, 15) is 4.79 Å². The van der Waals surface area contributed by atoms with Gasteiger partial charge in [-0.2, -0.15) is 0 Å². The summed E-state index contributed by atoms with van der Waals surface area (Å²) in [7, 11) is 2.17. The van der Waals surface area contributed by atoms with Crippen molar-refractivity contribution < 1.29 is 9.90 Å². The van der Waals surface area contributed by atoms with Gasteiger partial charge in [0.15, 0.2) is 0 Å². The molecule has 1 atom stereocenters. The third-order valence-corrected chi connectivity index (χ3v) is 4.50. The number of hydrogen-bond donors (Lipinski definition) is 1. The van der Waals surface area contributed by atoms with Gasteiger partial charge < -0.3 is 14.6 Å². The molecule has 2 aromatic rings. The predicted molar refractivity (Wildman–Crippen MR) is 81.7 cm³/mol. The standard InChI is InChI=1S/C16H21N3O2/c1-11-17-14-7-6-12(16(20)21)9-15(14)19(11)10-13-5-3-4-8-18(13)2/h6-7,9,13H,3-5,8,10H2,1-2H3,(H,20,21). The van der Waals surface area contributed by atoms with Gasteiger partial charge >= 0.3 is 5.97 Å². The molecule has 1 aromatic carbocycles. The molecular formula is C16H21N3O2. The number of aromatic carboxylic acids is 1. The number of aromatic nitrogens is 2. The van der Waals surface area contributed by atoms with Crippen LogP contribution in [0.15, 0.2) is 18.2 Å². The van der Waals surface area contributed by atoms with Crippen molar-refractivity contribution in [1.29, 1.82) is 0 Å². The molecule has 0 bridgehead atoms. The molecule has 1 saturated heterocycles. The molecule has 1 aromatic heterocycles. The largest absolute Gasteiger partial charge is 0.478 e. The zero-order chi connectivity index (χ0) is 15.0. The summed E-state index contributed by atoms with van der Waals surface area (Å²) in [5.41, 5.74) is 2.11. The summed E-state index contributed by atoms with van der Waals surface area (Å²) >= 11 is 0. The molecule has 0 saturated carbocycles. The number of likely N-dealkylation sites (tertiary alicyclic amines) is 1. The van der Waals surface area contributed by atoms with Gasteiger partial charge in [0.25, 0.3) is 0 Å². The number of nitrogens with zero attached hydrogens (tertiary/aromatic N) is 3. The number of fused-ring (bicyclic) bond motifs is 1. The lowest BCUT2D eigenvalue weighted by atomic mass is 10.0. The van der Waals surface area contributed by atoms with E-state index >= 15 is 0 Å². The fourth-order valence-corrected chi connectivity index (χ4v) is 3.19. The lowest BCUT2D eigenvalue weighted by molar-refractivity contribution is 0.0697. The van der Waals surface area contributed by atoms with Gasteiger partial charge in [-0.1, -0.05) is 6.42 Å². The van der Waals surface area contributed by atoms with Gasteiger partial charge in [-0.05, 0) is 51.6 Å². The Balaban J connectivity index is 1.98. The van der Waals surface area contributed by atoms with Gasteiger partial charge in [0.05, 0.1) is 16.6 Å². The number of piperidine rings is 1. The van der Waals surface area contributed by atoms with E-state index < -0.39 is 5.97 Å². The van der Waals surface area contributed by atoms with Crippen molar-refractivity contribution >= 4 is 17.0 Å². The van der Waals surface area contributed by atoms with Crippen LogP contribution in [0.1, 0.15) is 35.4 Å². The van der Waals surface area contributed by atoms with E-state index in [0.717, 1.165) is 29.9 Å². The minimum Gasteiger partial charge on any atom is -0.478 e. The first kappa shape index (κ1) is 14.1. The molecule has 3 rings (SSSR count). The van der Waals surface area contributed by atoms with Crippen LogP contribution in [-0.4, -0.2) is 45.2 Å². The Bertz CT molecular complexity index is 677. The Morgan fingerprint density at radius 3 is 2.95 bits per heavy atom. The normalized spacial score (nSPS) is 20.0. The van der Waals surface area contributed by atoms with Crippen LogP contribution in [-0.2, 0) is 6.54 Å². The van der Waals surface area contributed by atoms with Gasteiger partial charge in [-0.25, -0.2) is 9.78 Å². The predicted octanol–water partition coefficient (Wildman–Crippen LogP) is 2.53. The van der Waals surface area contributed by atoms with Crippen molar-refractivity contribution in [2.24, 2.45) is 0 Å². The average Bonchev–Trinajstić information content (AvgIpc) is 2.76. The lowest BCUT2D eigenvalue weighted by Crippen LogP contribution is -2.39. The molecule has 1 aliphatic heterocycles. The summed E-state index contributed by atoms with van der Waals surface area (Å²) in [5.74, 6) is 0.0589. The summed E-state index contributed by atoms with van der Waals surface area (Å²) in [6.45, 7) is 4.00. The van der Waals surface area contributed by atoms with E-state index in [1.165, 1.54) is 19.3 Å². The van der Waals surface area contributed by atoms with Crippen LogP contribution in [0, 0.1) is 6.92 Å². The van der Waals surface area contributed by atoms with Crippen molar-refractivity contribution in [3.8, 4) is 0 Å². The summed E-state index contributed by atoms with van der Waals surface area (Å²) in [6.07, 6.45) is 3.72. The van der Waals surface area contributed by atoms with E-state index in [1.54, 1.807) is 18.2 Å². The number of aryl methyl sites for hydroxylation is 1. The number of rotatable bonds is 3. The third-order valence-electron chi connectivity index (χ3n) is 4.50. The molecule has 0 amide bonds. The molecule has 5 heteroatoms. The van der Waals surface area contributed by atoms with Crippen LogP contribution in [0.25, 0.3) is 11.0 Å². The Labute approximate surface area is 124 Å². The molecular weight excluding hydrogens is 266 g/mol. The number of likely N-dealkylation sites (N-methyl/N-ethyl adjacent to an activating group) is 1. The van der Waals surface area contributed by atoms with E-state index in [-0.39, 0.29) is 0 Å². The quantitative estimate of drug-likeness (QED) is 0.942. The number of carboxylic acid groups (broad SMARTS) is 1. The first-order valence-electron chi connectivity index (χ1n) is 7.46. The van der Waals surface area contributed by atoms with Crippen LogP contribution >= 0.6 is 0 Å². The summed E-state index contributed by atoms with van der Waals surface area (Å²) in [5, 5.41) is 9.17. The topological polar surface area (TPSA) is 58.4 Å². The van der Waals surface area contributed by atoms with Gasteiger partial charge in [-0.3, -0.25) is 0 Å². The molecule has 1 fully saturated rings. The van der Waals surface area contributed by atoms with Crippen molar-refractivity contribution in [2.45, 2.75) is 38.8 Å². The van der Waals surface area contributed by atoms with Crippen molar-refractivity contribution in [1.82, 2.24) is 14.5 Å². The van der Waals surface area contributed by atoms with Gasteiger partial charge in [0, 0.05) is 12.6 Å². The number of hydrogen-bond acceptors (Lipinski definition) is 3. The van der Waals surface area contributed by atoms with E-state index in [0.29, 0.717) is 11.6 Å². The molecule has 2 heterocycles. The van der Waals surface area contributed by atoms with Crippen molar-refractivity contribution in [3.63, 3.8) is 0 Å². The Hall–Kier alpha value is -1.88. The fourth-order valence-electron chi connectivity index (χ4n) is 3.19. The monoisotopic (exact) mass is 287 g/mol. The second-order valence-electron chi connectivity index (χ2n) is 5.91. The van der Waals surface area contributed by atoms with E-state index in [4.69, 9.17) is 5.11 Å². The summed E-state index contributed by atoms with van der Waals surface area (Å²) in [6, 6.07) is 5.66. The van der Waals surface area contributed by atoms with Crippen LogP contribution in [0.3, 0.4) is 0 Å². The van der Waals surface area contributed by atoms with Crippen LogP contribution < -0.4 is 0 Å². The molecule has 5 nitrogen and oxygen atoms in total. The second kappa shape index (κ2) is 5.48. The first-order valence-corrected chi connectivity index (χ1v) is 7.46. The Morgan fingerprint density at radius 2 is 2.24 bits per heavy atom. The maximum Gasteiger partial charge on any atom is 0.335 e. The Morgan fingerprint density at radius 1 is 1.43 bits per heavy atom. The molecule has 1 aliphatic rings. The second-order valence-corrected chi connectivity index (χ2v) is 5.91. The van der Waals surface area contributed by atoms with Gasteiger partial charge in [0.1, 0.15) is 5.82 Å². The highest BCUT2D eigenvalue weighted by Crippen LogP contribution is 2.22. The summed E-state index contributed by atoms with van der Waals surface area (Å²) < 4.78 is 2.16. The third kappa shape index (κ3) is 2.65. The molecule has 1 N–H and O–H groups in total. The SMILES string of the molecule is Cc1nc2ccc(C(=O)O)cc2n1CC1CCCCN1C. The summed E-state index contributed by atoms with van der Waals surface area (Å²) in [4.78, 5) is 18.1. The minimum absolute atomic E-state index is 0.320. The van der Waals surface area contributed by atoms with Crippen LogP contribution in [0.2, 0.25) is 0 Å². The molecule has 1 unspecified atom stereocenters. The molecule has 112 valence electrons. The zero-order valence-electron chi connectivity index (χ0n) is 12.5. The number of imidazole rings is 1. The molecule has 0 radical (unpaired) electrons. The average molecular weight is 287 g/mol. The van der Waals surface area contributed by atoms with Crippen molar-refractivity contribution in [3.05, 3.63) is 29.6 Å². The Kier molecular flexibility index (Phi) is 3.68. The highest BCUT2D eigenvalue weighted by atomic mass is 16.4. The fraction of sp³-hybridized carbons (Fsp3) is 0.500. The number of carbonyl (C=O) groups is 1. The minimum atomic E-state index is -0.892. The molecule has 0 aliphatic carbocycles. The number of benzene rings is 1. The van der Waals surface area contributed by atoms with Crippen LogP contribution in [0.4, 0.5) is 0 Å². The highest BCUT2D eigenvalue weighted by Gasteiger charge is 2.21. The maximum absolute atomic E-state index is 11.2. The van der Waals surface area contributed by atoms with Crippen LogP contribution in [0.5, 0.6) is 0 Å². The van der Waals surface area contributed by atoms with Crippen molar-refractivity contribution in [2.75, 3.05) is 13.6 Å². The first-order chi connectivity index (χ1) is 10.1.